The minimum absolute atomic E-state index is 0.0585. The van der Waals surface area contributed by atoms with Crippen molar-refractivity contribution in [3.05, 3.63) is 28.2 Å². The van der Waals surface area contributed by atoms with Crippen molar-refractivity contribution in [3.8, 4) is 5.75 Å². The van der Waals surface area contributed by atoms with Crippen LogP contribution in [0.1, 0.15) is 10.4 Å². The second-order valence-corrected chi connectivity index (χ2v) is 7.36. The lowest BCUT2D eigenvalue weighted by Gasteiger charge is -2.12. The molecule has 1 amide bonds. The van der Waals surface area contributed by atoms with Crippen LogP contribution in [-0.2, 0) is 10.0 Å². The first-order valence-corrected chi connectivity index (χ1v) is 8.20. The highest BCUT2D eigenvalue weighted by atomic mass is 79.9. The molecule has 8 heteroatoms. The van der Waals surface area contributed by atoms with Crippen LogP contribution in [0.4, 0.5) is 0 Å². The summed E-state index contributed by atoms with van der Waals surface area (Å²) in [5.41, 5.74) is 0.430. The summed E-state index contributed by atoms with van der Waals surface area (Å²) in [6.07, 6.45) is 0. The van der Waals surface area contributed by atoms with Gasteiger partial charge in [-0.05, 0) is 34.1 Å². The van der Waals surface area contributed by atoms with Crippen molar-refractivity contribution in [1.29, 1.82) is 0 Å². The van der Waals surface area contributed by atoms with E-state index in [0.717, 1.165) is 4.31 Å². The number of carbonyl (C=O) groups excluding carboxylic acids is 1. The third kappa shape index (κ3) is 4.46. The van der Waals surface area contributed by atoms with E-state index in [1.54, 1.807) is 18.2 Å². The number of ether oxygens (including phenoxy) is 1. The topological polar surface area (TPSA) is 75.7 Å². The summed E-state index contributed by atoms with van der Waals surface area (Å²) in [6.45, 7) is 0.0585. The van der Waals surface area contributed by atoms with Crippen molar-refractivity contribution in [3.63, 3.8) is 0 Å². The zero-order valence-corrected chi connectivity index (χ0v) is 13.9. The van der Waals surface area contributed by atoms with Gasteiger partial charge < -0.3 is 10.1 Å². The van der Waals surface area contributed by atoms with Crippen LogP contribution >= 0.6 is 15.9 Å². The van der Waals surface area contributed by atoms with Crippen molar-refractivity contribution in [2.24, 2.45) is 0 Å². The van der Waals surface area contributed by atoms with Crippen molar-refractivity contribution < 1.29 is 17.9 Å². The number of amides is 1. The molecule has 0 unspecified atom stereocenters. The molecule has 112 valence electrons. The Bertz CT molecular complexity index is 587. The standard InChI is InChI=1S/C12H17BrN2O4S/c1-15(2)20(17,18)7-6-14-12(16)9-4-5-11(19-3)10(13)8-9/h4-5,8H,6-7H2,1-3H3,(H,14,16). The quantitative estimate of drug-likeness (QED) is 0.819. The molecule has 0 aliphatic carbocycles. The Kier molecular flexibility index (Phi) is 5.97. The number of nitrogens with zero attached hydrogens (tertiary/aromatic N) is 1. The van der Waals surface area contributed by atoms with E-state index in [2.05, 4.69) is 21.2 Å². The number of methoxy groups -OCH3 is 1. The van der Waals surface area contributed by atoms with E-state index < -0.39 is 10.0 Å². The molecular formula is C12H17BrN2O4S. The van der Waals surface area contributed by atoms with Gasteiger partial charge in [-0.2, -0.15) is 0 Å². The van der Waals surface area contributed by atoms with Crippen molar-refractivity contribution in [2.75, 3.05) is 33.5 Å². The van der Waals surface area contributed by atoms with Crippen LogP contribution in [0.25, 0.3) is 0 Å². The normalized spacial score (nSPS) is 11.4. The van der Waals surface area contributed by atoms with Crippen molar-refractivity contribution in [2.45, 2.75) is 0 Å². The summed E-state index contributed by atoms with van der Waals surface area (Å²) < 4.78 is 29.9. The van der Waals surface area contributed by atoms with E-state index >= 15 is 0 Å². The molecule has 0 fully saturated rings. The molecule has 1 rings (SSSR count). The number of carbonyl (C=O) groups is 1. The minimum atomic E-state index is -3.31. The summed E-state index contributed by atoms with van der Waals surface area (Å²) in [4.78, 5) is 11.9. The maximum absolute atomic E-state index is 11.9. The highest BCUT2D eigenvalue weighted by Crippen LogP contribution is 2.25. The molecule has 6 nitrogen and oxygen atoms in total. The van der Waals surface area contributed by atoms with E-state index in [-0.39, 0.29) is 18.2 Å². The maximum Gasteiger partial charge on any atom is 0.251 e. The SMILES string of the molecule is COc1ccc(C(=O)NCCS(=O)(=O)N(C)C)cc1Br. The Morgan fingerprint density at radius 3 is 2.55 bits per heavy atom. The Morgan fingerprint density at radius 2 is 2.05 bits per heavy atom. The van der Waals surface area contributed by atoms with Crippen molar-refractivity contribution >= 4 is 31.9 Å². The fourth-order valence-corrected chi connectivity index (χ4v) is 2.65. The summed E-state index contributed by atoms with van der Waals surface area (Å²) in [7, 11) is 1.14. The number of hydrogen-bond acceptors (Lipinski definition) is 4. The van der Waals surface area contributed by atoms with Gasteiger partial charge in [0.15, 0.2) is 0 Å². The van der Waals surface area contributed by atoms with Gasteiger partial charge in [-0.3, -0.25) is 4.79 Å². The van der Waals surface area contributed by atoms with Crippen LogP contribution in [0.5, 0.6) is 5.75 Å². The minimum Gasteiger partial charge on any atom is -0.496 e. The summed E-state index contributed by atoms with van der Waals surface area (Å²) in [5.74, 6) is 0.155. The third-order valence-corrected chi connectivity index (χ3v) is 5.07. The van der Waals surface area contributed by atoms with Gasteiger partial charge >= 0.3 is 0 Å². The average Bonchev–Trinajstić information content (AvgIpc) is 2.38. The molecule has 0 aliphatic rings. The van der Waals surface area contributed by atoms with Crippen LogP contribution in [0, 0.1) is 0 Å². The largest absolute Gasteiger partial charge is 0.496 e. The van der Waals surface area contributed by atoms with Crippen molar-refractivity contribution in [1.82, 2.24) is 9.62 Å². The van der Waals surface area contributed by atoms with Crippen LogP contribution < -0.4 is 10.1 Å². The monoisotopic (exact) mass is 364 g/mol. The molecule has 0 radical (unpaired) electrons. The molecule has 1 aromatic rings. The molecule has 1 N–H and O–H groups in total. The van der Waals surface area contributed by atoms with Gasteiger partial charge in [0.2, 0.25) is 10.0 Å². The lowest BCUT2D eigenvalue weighted by molar-refractivity contribution is 0.0956. The molecule has 0 spiro atoms. The zero-order chi connectivity index (χ0) is 15.3. The van der Waals surface area contributed by atoms with Gasteiger partial charge in [-0.15, -0.1) is 0 Å². The zero-order valence-electron chi connectivity index (χ0n) is 11.5. The van der Waals surface area contributed by atoms with E-state index in [0.29, 0.717) is 15.8 Å². The smallest absolute Gasteiger partial charge is 0.251 e. The van der Waals surface area contributed by atoms with Crippen LogP contribution in [0.3, 0.4) is 0 Å². The fourth-order valence-electron chi connectivity index (χ4n) is 1.39. The number of rotatable bonds is 6. The summed E-state index contributed by atoms with van der Waals surface area (Å²) in [5, 5.41) is 2.57. The molecule has 0 saturated heterocycles. The Balaban J connectivity index is 2.62. The van der Waals surface area contributed by atoms with Gasteiger partial charge in [0.05, 0.1) is 17.3 Å². The average molecular weight is 365 g/mol. The first-order chi connectivity index (χ1) is 9.27. The first kappa shape index (κ1) is 16.9. The van der Waals surface area contributed by atoms with E-state index in [4.69, 9.17) is 4.74 Å². The van der Waals surface area contributed by atoms with E-state index in [1.165, 1.54) is 21.2 Å². The van der Waals surface area contributed by atoms with Crippen LogP contribution in [0.2, 0.25) is 0 Å². The first-order valence-electron chi connectivity index (χ1n) is 5.80. The van der Waals surface area contributed by atoms with Crippen LogP contribution in [-0.4, -0.2) is 52.1 Å². The fraction of sp³-hybridized carbons (Fsp3) is 0.417. The van der Waals surface area contributed by atoms with Gasteiger partial charge in [-0.25, -0.2) is 12.7 Å². The second kappa shape index (κ2) is 7.05. The maximum atomic E-state index is 11.9. The lowest BCUT2D eigenvalue weighted by Crippen LogP contribution is -2.33. The molecule has 0 heterocycles. The Hall–Kier alpha value is -1.12. The third-order valence-electron chi connectivity index (χ3n) is 2.62. The number of halogens is 1. The Morgan fingerprint density at radius 1 is 1.40 bits per heavy atom. The molecule has 20 heavy (non-hydrogen) atoms. The highest BCUT2D eigenvalue weighted by Gasteiger charge is 2.14. The molecule has 1 aromatic carbocycles. The predicted molar refractivity (Wildman–Crippen MR) is 80.5 cm³/mol. The number of sulfonamides is 1. The van der Waals surface area contributed by atoms with E-state index in [9.17, 15) is 13.2 Å². The second-order valence-electron chi connectivity index (χ2n) is 4.20. The number of hydrogen-bond donors (Lipinski definition) is 1. The summed E-state index contributed by atoms with van der Waals surface area (Å²) >= 11 is 3.29. The van der Waals surface area contributed by atoms with Gasteiger partial charge in [0.25, 0.3) is 5.91 Å². The number of benzene rings is 1. The van der Waals surface area contributed by atoms with Gasteiger partial charge in [0.1, 0.15) is 5.75 Å². The molecule has 0 aliphatic heterocycles. The molecule has 0 bridgehead atoms. The lowest BCUT2D eigenvalue weighted by atomic mass is 10.2. The van der Waals surface area contributed by atoms with Gasteiger partial charge in [0, 0.05) is 26.2 Å². The van der Waals surface area contributed by atoms with Gasteiger partial charge in [-0.1, -0.05) is 0 Å². The highest BCUT2D eigenvalue weighted by molar-refractivity contribution is 9.10. The van der Waals surface area contributed by atoms with Crippen LogP contribution in [0.15, 0.2) is 22.7 Å². The molecule has 0 atom stereocenters. The molecule has 0 saturated carbocycles. The van der Waals surface area contributed by atoms with E-state index in [1.807, 2.05) is 0 Å². The predicted octanol–water partition coefficient (Wildman–Crippen LogP) is 1.08. The molecule has 0 aromatic heterocycles. The number of nitrogens with one attached hydrogen (secondary N) is 1. The Labute approximate surface area is 127 Å². The summed E-state index contributed by atoms with van der Waals surface area (Å²) in [6, 6.07) is 4.89. The molecular weight excluding hydrogens is 348 g/mol.